The Morgan fingerprint density at radius 2 is 2.11 bits per heavy atom. The summed E-state index contributed by atoms with van der Waals surface area (Å²) in [7, 11) is 1.55. The third-order valence-corrected chi connectivity index (χ3v) is 3.04. The number of ether oxygens (including phenoxy) is 1. The molecule has 0 aliphatic rings. The number of hydrogen-bond acceptors (Lipinski definition) is 4. The van der Waals surface area contributed by atoms with Crippen LogP contribution in [0.2, 0.25) is 10.0 Å². The third-order valence-electron chi connectivity index (χ3n) is 2.42. The van der Waals surface area contributed by atoms with Crippen LogP contribution in [0, 0.1) is 11.3 Å². The lowest BCUT2D eigenvalue weighted by Crippen LogP contribution is -1.98. The number of halogens is 2. The van der Waals surface area contributed by atoms with E-state index in [4.69, 9.17) is 33.2 Å². The number of rotatable bonds is 3. The molecule has 0 saturated carbocycles. The Labute approximate surface area is 120 Å². The predicted octanol–water partition coefficient (Wildman–Crippen LogP) is 4.01. The molecule has 0 saturated heterocycles. The van der Waals surface area contributed by atoms with Gasteiger partial charge in [0.25, 0.3) is 0 Å². The molecule has 2 rings (SSSR count). The van der Waals surface area contributed by atoms with Gasteiger partial charge in [0.1, 0.15) is 16.8 Å². The van der Waals surface area contributed by atoms with E-state index < -0.39 is 0 Å². The first kappa shape index (κ1) is 13.5. The molecule has 0 spiro atoms. The first-order valence-electron chi connectivity index (χ1n) is 5.31. The molecule has 0 aliphatic carbocycles. The van der Waals surface area contributed by atoms with Gasteiger partial charge in [0.15, 0.2) is 5.82 Å². The van der Waals surface area contributed by atoms with Crippen molar-refractivity contribution in [3.63, 3.8) is 0 Å². The lowest BCUT2D eigenvalue weighted by molar-refractivity contribution is 0.417. The Hall–Kier alpha value is -1.96. The van der Waals surface area contributed by atoms with Crippen LogP contribution in [0.1, 0.15) is 5.56 Å². The second kappa shape index (κ2) is 5.79. The van der Waals surface area contributed by atoms with E-state index in [-0.39, 0.29) is 5.02 Å². The maximum atomic E-state index is 8.92. The number of aromatic nitrogens is 1. The molecule has 1 N–H and O–H groups in total. The molecular weight excluding hydrogens is 285 g/mol. The highest BCUT2D eigenvalue weighted by Gasteiger charge is 2.10. The fourth-order valence-corrected chi connectivity index (χ4v) is 1.90. The highest BCUT2D eigenvalue weighted by molar-refractivity contribution is 6.34. The number of nitrogens with zero attached hydrogens (tertiary/aromatic N) is 2. The summed E-state index contributed by atoms with van der Waals surface area (Å²) in [4.78, 5) is 4.09. The molecule has 6 heteroatoms. The van der Waals surface area contributed by atoms with Gasteiger partial charge in [0.05, 0.1) is 18.4 Å². The van der Waals surface area contributed by atoms with Crippen molar-refractivity contribution in [1.29, 1.82) is 5.26 Å². The van der Waals surface area contributed by atoms with E-state index in [1.54, 1.807) is 31.4 Å². The second-order valence-electron chi connectivity index (χ2n) is 3.60. The van der Waals surface area contributed by atoms with Crippen molar-refractivity contribution in [2.45, 2.75) is 0 Å². The minimum Gasteiger partial charge on any atom is -0.495 e. The van der Waals surface area contributed by atoms with Crippen molar-refractivity contribution in [2.24, 2.45) is 0 Å². The summed E-state index contributed by atoms with van der Waals surface area (Å²) >= 11 is 12.0. The molecule has 4 nitrogen and oxygen atoms in total. The Balaban J connectivity index is 2.42. The van der Waals surface area contributed by atoms with E-state index in [2.05, 4.69) is 10.3 Å². The van der Waals surface area contributed by atoms with Gasteiger partial charge >= 0.3 is 0 Å². The Morgan fingerprint density at radius 1 is 1.32 bits per heavy atom. The van der Waals surface area contributed by atoms with Crippen molar-refractivity contribution < 1.29 is 4.74 Å². The number of nitriles is 1. The molecule has 0 radical (unpaired) electrons. The van der Waals surface area contributed by atoms with Gasteiger partial charge in [-0.15, -0.1) is 0 Å². The molecule has 1 aromatic carbocycles. The normalized spacial score (nSPS) is 9.79. The van der Waals surface area contributed by atoms with E-state index in [0.29, 0.717) is 27.8 Å². The van der Waals surface area contributed by atoms with Crippen LogP contribution in [0.15, 0.2) is 30.5 Å². The standard InChI is InChI=1S/C13H9Cl2N3O/c1-19-11-3-2-9(14)6-10(11)18-13-12(15)8(7-16)4-5-17-13/h2-6H,1H3,(H,17,18). The number of hydrogen-bond donors (Lipinski definition) is 1. The monoisotopic (exact) mass is 293 g/mol. The van der Waals surface area contributed by atoms with Crippen molar-refractivity contribution in [2.75, 3.05) is 12.4 Å². The molecule has 1 aromatic heterocycles. The van der Waals surface area contributed by atoms with E-state index in [0.717, 1.165) is 0 Å². The number of methoxy groups -OCH3 is 1. The highest BCUT2D eigenvalue weighted by atomic mass is 35.5. The van der Waals surface area contributed by atoms with Gasteiger partial charge in [-0.05, 0) is 24.3 Å². The van der Waals surface area contributed by atoms with Crippen LogP contribution in [0.3, 0.4) is 0 Å². The average molecular weight is 294 g/mol. The minimum absolute atomic E-state index is 0.257. The van der Waals surface area contributed by atoms with Crippen LogP contribution in [0.4, 0.5) is 11.5 Å². The van der Waals surface area contributed by atoms with Crippen LogP contribution >= 0.6 is 23.2 Å². The first-order valence-corrected chi connectivity index (χ1v) is 6.06. The summed E-state index contributed by atoms with van der Waals surface area (Å²) < 4.78 is 5.21. The topological polar surface area (TPSA) is 57.9 Å². The van der Waals surface area contributed by atoms with Crippen LogP contribution in [-0.2, 0) is 0 Å². The maximum Gasteiger partial charge on any atom is 0.150 e. The SMILES string of the molecule is COc1ccc(Cl)cc1Nc1nccc(C#N)c1Cl. The van der Waals surface area contributed by atoms with E-state index in [1.807, 2.05) is 6.07 Å². The Morgan fingerprint density at radius 3 is 2.79 bits per heavy atom. The summed E-state index contributed by atoms with van der Waals surface area (Å²) in [5.41, 5.74) is 0.972. The summed E-state index contributed by atoms with van der Waals surface area (Å²) in [6.07, 6.45) is 1.50. The molecule has 0 atom stereocenters. The first-order chi connectivity index (χ1) is 9.15. The van der Waals surface area contributed by atoms with Crippen LogP contribution < -0.4 is 10.1 Å². The lowest BCUT2D eigenvalue weighted by Gasteiger charge is -2.12. The van der Waals surface area contributed by atoms with Gasteiger partial charge in [-0.1, -0.05) is 23.2 Å². The van der Waals surface area contributed by atoms with Crippen molar-refractivity contribution in [3.05, 3.63) is 46.1 Å². The molecule has 96 valence electrons. The second-order valence-corrected chi connectivity index (χ2v) is 4.42. The van der Waals surface area contributed by atoms with Gasteiger partial charge in [-0.3, -0.25) is 0 Å². The molecule has 2 aromatic rings. The molecule has 0 amide bonds. The van der Waals surface area contributed by atoms with Crippen LogP contribution in [0.5, 0.6) is 5.75 Å². The smallest absolute Gasteiger partial charge is 0.150 e. The van der Waals surface area contributed by atoms with Crippen LogP contribution in [-0.4, -0.2) is 12.1 Å². The highest BCUT2D eigenvalue weighted by Crippen LogP contribution is 2.32. The fourth-order valence-electron chi connectivity index (χ4n) is 1.52. The predicted molar refractivity (Wildman–Crippen MR) is 75.2 cm³/mol. The van der Waals surface area contributed by atoms with Crippen LogP contribution in [0.25, 0.3) is 0 Å². The third kappa shape index (κ3) is 2.90. The Kier molecular flexibility index (Phi) is 4.10. The zero-order valence-electron chi connectivity index (χ0n) is 9.95. The Bertz CT molecular complexity index is 653. The molecule has 0 fully saturated rings. The summed E-state index contributed by atoms with van der Waals surface area (Å²) in [6, 6.07) is 8.67. The number of anilines is 2. The van der Waals surface area contributed by atoms with Crippen molar-refractivity contribution in [3.8, 4) is 11.8 Å². The minimum atomic E-state index is 0.257. The van der Waals surface area contributed by atoms with Gasteiger partial charge in [0, 0.05) is 11.2 Å². The molecule has 19 heavy (non-hydrogen) atoms. The quantitative estimate of drug-likeness (QED) is 0.929. The fraction of sp³-hybridized carbons (Fsp3) is 0.0769. The molecule has 0 bridgehead atoms. The van der Waals surface area contributed by atoms with Gasteiger partial charge in [-0.25, -0.2) is 4.98 Å². The molecule has 0 unspecified atom stereocenters. The van der Waals surface area contributed by atoms with Gasteiger partial charge in [-0.2, -0.15) is 5.26 Å². The summed E-state index contributed by atoms with van der Waals surface area (Å²) in [5, 5.41) is 12.7. The van der Waals surface area contributed by atoms with E-state index >= 15 is 0 Å². The number of pyridine rings is 1. The van der Waals surface area contributed by atoms with E-state index in [9.17, 15) is 0 Å². The summed E-state index contributed by atoms with van der Waals surface area (Å²) in [6.45, 7) is 0. The average Bonchev–Trinajstić information content (AvgIpc) is 2.41. The van der Waals surface area contributed by atoms with Gasteiger partial charge < -0.3 is 10.1 Å². The van der Waals surface area contributed by atoms with Crippen molar-refractivity contribution >= 4 is 34.7 Å². The van der Waals surface area contributed by atoms with Crippen molar-refractivity contribution in [1.82, 2.24) is 4.98 Å². The largest absolute Gasteiger partial charge is 0.495 e. The number of benzene rings is 1. The zero-order valence-corrected chi connectivity index (χ0v) is 11.5. The zero-order chi connectivity index (χ0) is 13.8. The van der Waals surface area contributed by atoms with E-state index in [1.165, 1.54) is 6.20 Å². The lowest BCUT2D eigenvalue weighted by atomic mass is 10.2. The maximum absolute atomic E-state index is 8.92. The molecule has 0 aliphatic heterocycles. The molecule has 1 heterocycles. The molecular formula is C13H9Cl2N3O. The van der Waals surface area contributed by atoms with Gasteiger partial charge in [0.2, 0.25) is 0 Å². The summed E-state index contributed by atoms with van der Waals surface area (Å²) in [5.74, 6) is 0.978. The number of nitrogens with one attached hydrogen (secondary N) is 1.